The molecule has 0 atom stereocenters. The minimum atomic E-state index is -4.59. The zero-order valence-corrected chi connectivity index (χ0v) is 8.98. The van der Waals surface area contributed by atoms with Crippen molar-refractivity contribution in [1.82, 2.24) is 5.48 Å². The van der Waals surface area contributed by atoms with Crippen molar-refractivity contribution in [1.29, 1.82) is 0 Å². The Morgan fingerprint density at radius 2 is 1.88 bits per heavy atom. The van der Waals surface area contributed by atoms with Crippen LogP contribution in [0.1, 0.15) is 5.56 Å². The molecule has 0 heterocycles. The van der Waals surface area contributed by atoms with Crippen LogP contribution < -0.4 is 5.48 Å². The summed E-state index contributed by atoms with van der Waals surface area (Å²) in [5.41, 5.74) is 3.10. The van der Waals surface area contributed by atoms with E-state index in [-0.39, 0.29) is 12.3 Å². The molecule has 1 rings (SSSR count). The first-order chi connectivity index (χ1) is 7.47. The summed E-state index contributed by atoms with van der Waals surface area (Å²) >= 11 is 0. The molecule has 0 bridgehead atoms. The lowest BCUT2D eigenvalue weighted by Crippen LogP contribution is -2.20. The van der Waals surface area contributed by atoms with Gasteiger partial charge in [-0.2, -0.15) is 13.9 Å². The Balaban J connectivity index is 2.19. The maximum atomic E-state index is 10.0. The lowest BCUT2D eigenvalue weighted by atomic mass is 10.1. The van der Waals surface area contributed by atoms with Gasteiger partial charge in [-0.05, 0) is 24.1 Å². The third-order valence-corrected chi connectivity index (χ3v) is 1.87. The van der Waals surface area contributed by atoms with Crippen molar-refractivity contribution in [3.63, 3.8) is 0 Å². The van der Waals surface area contributed by atoms with Gasteiger partial charge in [-0.1, -0.05) is 16.5 Å². The predicted molar refractivity (Wildman–Crippen MR) is 53.5 cm³/mol. The highest BCUT2D eigenvalue weighted by atomic mass is 32.3. The normalized spacial score (nSPS) is 11.6. The maximum absolute atomic E-state index is 10.0. The van der Waals surface area contributed by atoms with Crippen LogP contribution in [0.15, 0.2) is 24.3 Å². The molecule has 0 aliphatic heterocycles. The number of phenolic OH excluding ortho intramolecular Hbond substituents is 1. The Morgan fingerprint density at radius 3 is 2.44 bits per heavy atom. The highest BCUT2D eigenvalue weighted by molar-refractivity contribution is 7.80. The molecule has 0 aliphatic carbocycles. The maximum Gasteiger partial charge on any atom is 0.425 e. The molecule has 16 heavy (non-hydrogen) atoms. The number of aromatic hydroxyl groups is 1. The van der Waals surface area contributed by atoms with Gasteiger partial charge in [0.1, 0.15) is 5.75 Å². The summed E-state index contributed by atoms with van der Waals surface area (Å²) in [4.78, 5) is 4.01. The van der Waals surface area contributed by atoms with Crippen molar-refractivity contribution in [3.8, 4) is 5.75 Å². The first-order valence-corrected chi connectivity index (χ1v) is 5.67. The number of benzene rings is 1. The Hall–Kier alpha value is -1.19. The molecule has 1 aromatic carbocycles. The van der Waals surface area contributed by atoms with Gasteiger partial charge in [0, 0.05) is 6.54 Å². The first-order valence-electron chi connectivity index (χ1n) is 4.31. The van der Waals surface area contributed by atoms with E-state index in [1.807, 2.05) is 0 Å². The summed E-state index contributed by atoms with van der Waals surface area (Å²) in [5, 5.41) is 9.00. The van der Waals surface area contributed by atoms with E-state index < -0.39 is 10.4 Å². The van der Waals surface area contributed by atoms with Crippen molar-refractivity contribution >= 4 is 10.4 Å². The van der Waals surface area contributed by atoms with Gasteiger partial charge in [0.15, 0.2) is 0 Å². The summed E-state index contributed by atoms with van der Waals surface area (Å²) in [5.74, 6) is 0.169. The van der Waals surface area contributed by atoms with Gasteiger partial charge in [-0.15, -0.1) is 4.99 Å². The second-order valence-corrected chi connectivity index (χ2v) is 3.88. The molecular formula is C8H11NO6S. The van der Waals surface area contributed by atoms with Crippen LogP contribution in [0, 0.1) is 0 Å². The third-order valence-electron chi connectivity index (χ3n) is 1.63. The van der Waals surface area contributed by atoms with Crippen LogP contribution in [0.5, 0.6) is 5.75 Å². The summed E-state index contributed by atoms with van der Waals surface area (Å²) in [6.07, 6.45) is 0.537. The van der Waals surface area contributed by atoms with Gasteiger partial charge in [0.05, 0.1) is 0 Å². The van der Waals surface area contributed by atoms with E-state index in [9.17, 15) is 8.42 Å². The molecule has 7 nitrogen and oxygen atoms in total. The lowest BCUT2D eigenvalue weighted by Gasteiger charge is -2.02. The number of nitrogens with one attached hydrogen (secondary N) is 1. The van der Waals surface area contributed by atoms with Gasteiger partial charge >= 0.3 is 10.4 Å². The van der Waals surface area contributed by atoms with Crippen molar-refractivity contribution in [2.75, 3.05) is 6.54 Å². The van der Waals surface area contributed by atoms with Gasteiger partial charge < -0.3 is 5.11 Å². The molecule has 0 amide bonds. The molecule has 1 aromatic rings. The highest BCUT2D eigenvalue weighted by Gasteiger charge is 2.04. The summed E-state index contributed by atoms with van der Waals surface area (Å²) < 4.78 is 31.8. The van der Waals surface area contributed by atoms with E-state index in [1.165, 1.54) is 12.1 Å². The van der Waals surface area contributed by atoms with Crippen LogP contribution in [0.2, 0.25) is 0 Å². The molecule has 0 unspecified atom stereocenters. The van der Waals surface area contributed by atoms with Crippen LogP contribution in [0.25, 0.3) is 0 Å². The Morgan fingerprint density at radius 1 is 1.25 bits per heavy atom. The fourth-order valence-electron chi connectivity index (χ4n) is 0.967. The van der Waals surface area contributed by atoms with E-state index in [0.717, 1.165) is 5.56 Å². The standard InChI is InChI=1S/C8H11NO6S/c10-8-3-1-7(2-4-8)5-6-9-14-15-16(11,12)13/h1-4,9-10H,5-6H2,(H,11,12,13). The number of hydrogen-bond donors (Lipinski definition) is 3. The van der Waals surface area contributed by atoms with E-state index >= 15 is 0 Å². The monoisotopic (exact) mass is 249 g/mol. The van der Waals surface area contributed by atoms with E-state index in [0.29, 0.717) is 6.42 Å². The van der Waals surface area contributed by atoms with E-state index in [4.69, 9.17) is 9.66 Å². The molecule has 0 aromatic heterocycles. The molecule has 0 aliphatic rings. The highest BCUT2D eigenvalue weighted by Crippen LogP contribution is 2.09. The number of rotatable bonds is 6. The number of phenols is 1. The molecule has 8 heteroatoms. The topological polar surface area (TPSA) is 105 Å². The van der Waals surface area contributed by atoms with Gasteiger partial charge in [0.25, 0.3) is 0 Å². The molecule has 0 fully saturated rings. The van der Waals surface area contributed by atoms with E-state index in [2.05, 4.69) is 14.8 Å². The van der Waals surface area contributed by atoms with Crippen LogP contribution >= 0.6 is 0 Å². The molecule has 0 saturated heterocycles. The van der Waals surface area contributed by atoms with Gasteiger partial charge in [-0.25, -0.2) is 0 Å². The minimum Gasteiger partial charge on any atom is -0.508 e. The zero-order valence-electron chi connectivity index (χ0n) is 8.16. The summed E-state index contributed by atoms with van der Waals surface area (Å²) in [7, 11) is -4.59. The van der Waals surface area contributed by atoms with Gasteiger partial charge in [0.2, 0.25) is 0 Å². The SMILES string of the molecule is O=S(=O)(O)OONCCc1ccc(O)cc1. The Labute approximate surface area is 92.5 Å². The van der Waals surface area contributed by atoms with E-state index in [1.54, 1.807) is 12.1 Å². The predicted octanol–water partition coefficient (Wildman–Crippen LogP) is 0.190. The molecule has 90 valence electrons. The summed E-state index contributed by atoms with van der Waals surface area (Å²) in [6.45, 7) is 0.278. The largest absolute Gasteiger partial charge is 0.508 e. The van der Waals surface area contributed by atoms with Crippen molar-refractivity contribution in [2.24, 2.45) is 0 Å². The fourth-order valence-corrected chi connectivity index (χ4v) is 1.10. The quantitative estimate of drug-likeness (QED) is 0.286. The Kier molecular flexibility index (Phi) is 4.65. The Bertz CT molecular complexity index is 415. The average molecular weight is 249 g/mol. The van der Waals surface area contributed by atoms with Crippen LogP contribution in [0.3, 0.4) is 0 Å². The minimum absolute atomic E-state index is 0.169. The molecule has 3 N–H and O–H groups in total. The molecule has 0 saturated carbocycles. The second-order valence-electron chi connectivity index (χ2n) is 2.89. The average Bonchev–Trinajstić information content (AvgIpc) is 2.19. The summed E-state index contributed by atoms with van der Waals surface area (Å²) in [6, 6.07) is 6.48. The van der Waals surface area contributed by atoms with Crippen molar-refractivity contribution < 1.29 is 27.4 Å². The van der Waals surface area contributed by atoms with Crippen molar-refractivity contribution in [3.05, 3.63) is 29.8 Å². The second kappa shape index (κ2) is 5.77. The smallest absolute Gasteiger partial charge is 0.425 e. The first kappa shape index (κ1) is 12.9. The van der Waals surface area contributed by atoms with Crippen LogP contribution in [-0.2, 0) is 26.1 Å². The number of hydroxylamine groups is 1. The van der Waals surface area contributed by atoms with Crippen LogP contribution in [0.4, 0.5) is 0 Å². The number of hydrogen-bond acceptors (Lipinski definition) is 6. The zero-order chi connectivity index (χ0) is 12.0. The molecule has 0 radical (unpaired) electrons. The van der Waals surface area contributed by atoms with Crippen LogP contribution in [-0.4, -0.2) is 24.6 Å². The molecular weight excluding hydrogens is 238 g/mol. The fraction of sp³-hybridized carbons (Fsp3) is 0.250. The lowest BCUT2D eigenvalue weighted by molar-refractivity contribution is -0.258. The van der Waals surface area contributed by atoms with Gasteiger partial charge in [-0.3, -0.25) is 4.55 Å². The van der Waals surface area contributed by atoms with Crippen molar-refractivity contribution in [2.45, 2.75) is 6.42 Å². The third kappa shape index (κ3) is 5.63. The molecule has 0 spiro atoms.